The highest BCUT2D eigenvalue weighted by molar-refractivity contribution is 7.93. The predicted octanol–water partition coefficient (Wildman–Crippen LogP) is 3.22. The Hall–Kier alpha value is -2.26. The Labute approximate surface area is 172 Å². The molecule has 9 heteroatoms. The molecule has 0 fully saturated rings. The second-order valence-corrected chi connectivity index (χ2v) is 11.0. The first kappa shape index (κ1) is 21.4. The summed E-state index contributed by atoms with van der Waals surface area (Å²) in [5, 5.41) is 0. The number of hydrogen-bond acceptors (Lipinski definition) is 5. The van der Waals surface area contributed by atoms with E-state index in [0.717, 1.165) is 16.7 Å². The molecule has 0 amide bonds. The van der Waals surface area contributed by atoms with Crippen molar-refractivity contribution in [1.29, 1.82) is 0 Å². The van der Waals surface area contributed by atoms with E-state index in [-0.39, 0.29) is 10.6 Å². The van der Waals surface area contributed by atoms with Crippen LogP contribution in [0.2, 0.25) is 0 Å². The molecule has 1 aliphatic rings. The molecule has 1 aliphatic heterocycles. The number of anilines is 2. The predicted molar refractivity (Wildman–Crippen MR) is 115 cm³/mol. The van der Waals surface area contributed by atoms with Gasteiger partial charge in [0.05, 0.1) is 23.4 Å². The molecular weight excluding hydrogens is 412 g/mol. The zero-order valence-corrected chi connectivity index (χ0v) is 18.7. The van der Waals surface area contributed by atoms with Crippen molar-refractivity contribution < 1.29 is 21.6 Å². The van der Waals surface area contributed by atoms with Gasteiger partial charge in [0.15, 0.2) is 0 Å². The van der Waals surface area contributed by atoms with Crippen LogP contribution >= 0.6 is 0 Å². The highest BCUT2D eigenvalue weighted by Gasteiger charge is 2.26. The number of nitrogens with zero attached hydrogens (tertiary/aromatic N) is 1. The Bertz CT molecular complexity index is 1120. The maximum Gasteiger partial charge on any atom is 0.261 e. The number of rotatable bonds is 6. The molecule has 0 saturated carbocycles. The average molecular weight is 439 g/mol. The molecule has 0 saturated heterocycles. The molecule has 0 atom stereocenters. The lowest BCUT2D eigenvalue weighted by atomic mass is 10.0. The average Bonchev–Trinajstić information content (AvgIpc) is 2.66. The van der Waals surface area contributed by atoms with Crippen LogP contribution in [0.3, 0.4) is 0 Å². The lowest BCUT2D eigenvalue weighted by Gasteiger charge is -2.30. The van der Waals surface area contributed by atoms with Crippen molar-refractivity contribution in [1.82, 2.24) is 0 Å². The van der Waals surface area contributed by atoms with Gasteiger partial charge in [0.25, 0.3) is 10.0 Å². The Balaban J connectivity index is 1.93. The number of aryl methyl sites for hydroxylation is 3. The number of sulfonamides is 2. The number of ether oxygens (including phenoxy) is 1. The van der Waals surface area contributed by atoms with E-state index in [1.165, 1.54) is 4.31 Å². The minimum absolute atomic E-state index is 0.0248. The van der Waals surface area contributed by atoms with Crippen molar-refractivity contribution in [3.05, 3.63) is 47.0 Å². The molecule has 0 aromatic heterocycles. The van der Waals surface area contributed by atoms with Gasteiger partial charge >= 0.3 is 0 Å². The molecular formula is C20H26N2O5S2. The van der Waals surface area contributed by atoms with Gasteiger partial charge in [-0.25, -0.2) is 16.8 Å². The van der Waals surface area contributed by atoms with Gasteiger partial charge in [0.1, 0.15) is 5.75 Å². The molecule has 0 spiro atoms. The lowest BCUT2D eigenvalue weighted by molar-refractivity contribution is 0.408. The van der Waals surface area contributed by atoms with Crippen molar-refractivity contribution in [2.24, 2.45) is 0 Å². The monoisotopic (exact) mass is 438 g/mol. The fourth-order valence-corrected chi connectivity index (χ4v) is 6.09. The number of hydrogen-bond donors (Lipinski definition) is 1. The van der Waals surface area contributed by atoms with E-state index < -0.39 is 20.0 Å². The molecule has 0 unspecified atom stereocenters. The van der Waals surface area contributed by atoms with E-state index in [1.807, 2.05) is 0 Å². The first-order chi connectivity index (χ1) is 13.6. The second kappa shape index (κ2) is 7.87. The molecule has 0 radical (unpaired) electrons. The quantitative estimate of drug-likeness (QED) is 0.748. The second-order valence-electron chi connectivity index (χ2n) is 7.12. The van der Waals surface area contributed by atoms with Crippen molar-refractivity contribution in [2.75, 3.05) is 28.4 Å². The summed E-state index contributed by atoms with van der Waals surface area (Å²) < 4.78 is 59.8. The third-order valence-electron chi connectivity index (χ3n) is 5.06. The molecule has 2 aromatic carbocycles. The number of methoxy groups -OCH3 is 1. The van der Waals surface area contributed by atoms with E-state index in [2.05, 4.69) is 4.72 Å². The lowest BCUT2D eigenvalue weighted by Crippen LogP contribution is -2.36. The largest absolute Gasteiger partial charge is 0.496 e. The zero-order chi connectivity index (χ0) is 21.4. The minimum Gasteiger partial charge on any atom is -0.496 e. The number of benzene rings is 2. The first-order valence-electron chi connectivity index (χ1n) is 9.40. The molecule has 2 aromatic rings. The summed E-state index contributed by atoms with van der Waals surface area (Å²) in [6.45, 7) is 5.66. The Morgan fingerprint density at radius 3 is 2.31 bits per heavy atom. The maximum atomic E-state index is 12.9. The summed E-state index contributed by atoms with van der Waals surface area (Å²) in [4.78, 5) is 0.154. The van der Waals surface area contributed by atoms with Crippen LogP contribution in [0.5, 0.6) is 5.75 Å². The van der Waals surface area contributed by atoms with E-state index in [1.54, 1.807) is 58.2 Å². The van der Waals surface area contributed by atoms with Crippen LogP contribution < -0.4 is 13.8 Å². The third-order valence-corrected chi connectivity index (χ3v) is 8.20. The normalized spacial score (nSPS) is 14.4. The molecule has 3 rings (SSSR count). The summed E-state index contributed by atoms with van der Waals surface area (Å²) in [5.74, 6) is 0.687. The molecule has 1 heterocycles. The highest BCUT2D eigenvalue weighted by Crippen LogP contribution is 2.33. The van der Waals surface area contributed by atoms with Crippen LogP contribution in [0.15, 0.2) is 35.2 Å². The van der Waals surface area contributed by atoms with Gasteiger partial charge in [-0.2, -0.15) is 0 Å². The van der Waals surface area contributed by atoms with Crippen LogP contribution in [-0.2, 0) is 26.5 Å². The summed E-state index contributed by atoms with van der Waals surface area (Å²) in [6.07, 6.45) is 1.39. The van der Waals surface area contributed by atoms with Gasteiger partial charge in [-0.3, -0.25) is 9.03 Å². The molecule has 1 N–H and O–H groups in total. The van der Waals surface area contributed by atoms with Gasteiger partial charge in [0, 0.05) is 12.2 Å². The zero-order valence-electron chi connectivity index (χ0n) is 17.0. The highest BCUT2D eigenvalue weighted by atomic mass is 32.2. The number of fused-ring (bicyclic) bond motifs is 1. The molecule has 0 aliphatic carbocycles. The van der Waals surface area contributed by atoms with Crippen molar-refractivity contribution in [2.45, 2.75) is 38.5 Å². The maximum absolute atomic E-state index is 12.9. The third kappa shape index (κ3) is 4.20. The van der Waals surface area contributed by atoms with E-state index >= 15 is 0 Å². The molecule has 7 nitrogen and oxygen atoms in total. The molecule has 158 valence electrons. The van der Waals surface area contributed by atoms with Crippen LogP contribution in [0.25, 0.3) is 0 Å². The van der Waals surface area contributed by atoms with Crippen molar-refractivity contribution in [3.8, 4) is 5.75 Å². The summed E-state index contributed by atoms with van der Waals surface area (Å²) in [5.41, 5.74) is 3.32. The SMILES string of the molecule is CCS(=O)(=O)N1CCCc2cc(NS(=O)(=O)c3cc(C)c(OC)c(C)c3)ccc21. The van der Waals surface area contributed by atoms with E-state index in [9.17, 15) is 16.8 Å². The van der Waals surface area contributed by atoms with Gasteiger partial charge in [-0.05, 0) is 80.6 Å². The van der Waals surface area contributed by atoms with E-state index in [0.29, 0.717) is 36.5 Å². The standard InChI is InChI=1S/C20H26N2O5S2/c1-5-28(23,24)22-10-6-7-16-13-17(8-9-19(16)22)21-29(25,26)18-11-14(2)20(27-4)15(3)12-18/h8-9,11-13,21H,5-7,10H2,1-4H3. The first-order valence-corrected chi connectivity index (χ1v) is 12.5. The van der Waals surface area contributed by atoms with Crippen molar-refractivity contribution in [3.63, 3.8) is 0 Å². The summed E-state index contributed by atoms with van der Waals surface area (Å²) in [6, 6.07) is 8.13. The fourth-order valence-electron chi connectivity index (χ4n) is 3.67. The summed E-state index contributed by atoms with van der Waals surface area (Å²) >= 11 is 0. The van der Waals surface area contributed by atoms with Crippen LogP contribution in [-0.4, -0.2) is 36.2 Å². The van der Waals surface area contributed by atoms with Crippen molar-refractivity contribution >= 4 is 31.4 Å². The Morgan fingerprint density at radius 2 is 1.72 bits per heavy atom. The molecule has 0 bridgehead atoms. The van der Waals surface area contributed by atoms with E-state index in [4.69, 9.17) is 4.74 Å². The molecule has 29 heavy (non-hydrogen) atoms. The topological polar surface area (TPSA) is 92.8 Å². The van der Waals surface area contributed by atoms with Gasteiger partial charge in [0.2, 0.25) is 10.0 Å². The van der Waals surface area contributed by atoms with Gasteiger partial charge in [-0.1, -0.05) is 0 Å². The van der Waals surface area contributed by atoms with Crippen LogP contribution in [0, 0.1) is 13.8 Å². The summed E-state index contributed by atoms with van der Waals surface area (Å²) in [7, 11) is -5.60. The Morgan fingerprint density at radius 1 is 1.07 bits per heavy atom. The smallest absolute Gasteiger partial charge is 0.261 e. The van der Waals surface area contributed by atoms with Gasteiger partial charge < -0.3 is 4.74 Å². The fraction of sp³-hybridized carbons (Fsp3) is 0.400. The van der Waals surface area contributed by atoms with Crippen LogP contribution in [0.4, 0.5) is 11.4 Å². The Kier molecular flexibility index (Phi) is 5.82. The van der Waals surface area contributed by atoms with Gasteiger partial charge in [-0.15, -0.1) is 0 Å². The minimum atomic E-state index is -3.79. The number of nitrogens with one attached hydrogen (secondary N) is 1. The van der Waals surface area contributed by atoms with Crippen LogP contribution in [0.1, 0.15) is 30.0 Å².